The highest BCUT2D eigenvalue weighted by molar-refractivity contribution is 7.12. The van der Waals surface area contributed by atoms with E-state index in [1.54, 1.807) is 11.3 Å². The minimum absolute atomic E-state index is 0.625. The molecule has 2 rings (SSSR count). The monoisotopic (exact) mass is 294 g/mol. The van der Waals surface area contributed by atoms with Gasteiger partial charge in [-0.2, -0.15) is 0 Å². The van der Waals surface area contributed by atoms with Gasteiger partial charge in [-0.25, -0.2) is 0 Å². The van der Waals surface area contributed by atoms with Crippen LogP contribution in [0.25, 0.3) is 0 Å². The van der Waals surface area contributed by atoms with Crippen LogP contribution in [-0.2, 0) is 19.6 Å². The smallest absolute Gasteiger partial charge is 0.0451 e. The minimum atomic E-state index is 0.625. The van der Waals surface area contributed by atoms with E-state index in [0.29, 0.717) is 6.54 Å². The number of hydrogen-bond donors (Lipinski definition) is 1. The molecule has 0 aliphatic carbocycles. The second kappa shape index (κ2) is 6.53. The van der Waals surface area contributed by atoms with E-state index in [2.05, 4.69) is 31.0 Å². The highest BCUT2D eigenvalue weighted by Crippen LogP contribution is 2.23. The van der Waals surface area contributed by atoms with E-state index in [9.17, 15) is 0 Å². The Bertz CT molecular complexity index is 551. The van der Waals surface area contributed by atoms with Crippen LogP contribution in [-0.4, -0.2) is 11.9 Å². The maximum atomic E-state index is 6.19. The van der Waals surface area contributed by atoms with E-state index in [4.69, 9.17) is 17.3 Å². The molecule has 0 radical (unpaired) electrons. The third-order valence-corrected chi connectivity index (χ3v) is 4.59. The topological polar surface area (TPSA) is 29.3 Å². The Hall–Kier alpha value is -0.870. The Kier molecular flexibility index (Phi) is 4.99. The number of aryl methyl sites for hydroxylation is 1. The van der Waals surface area contributed by atoms with Gasteiger partial charge in [0.15, 0.2) is 0 Å². The maximum Gasteiger partial charge on any atom is 0.0451 e. The van der Waals surface area contributed by atoms with Crippen LogP contribution in [0.2, 0.25) is 5.02 Å². The SMILES string of the molecule is Cc1sc(CN)cc1CN(C)Cc1ccccc1Cl. The van der Waals surface area contributed by atoms with Gasteiger partial charge in [-0.1, -0.05) is 29.8 Å². The summed E-state index contributed by atoms with van der Waals surface area (Å²) in [4.78, 5) is 4.88. The van der Waals surface area contributed by atoms with Crippen LogP contribution in [0.5, 0.6) is 0 Å². The van der Waals surface area contributed by atoms with Gasteiger partial charge >= 0.3 is 0 Å². The summed E-state index contributed by atoms with van der Waals surface area (Å²) in [5, 5.41) is 0.832. The fourth-order valence-corrected chi connectivity index (χ4v) is 3.24. The molecule has 1 heterocycles. The van der Waals surface area contributed by atoms with Crippen molar-refractivity contribution in [2.45, 2.75) is 26.6 Å². The van der Waals surface area contributed by atoms with Crippen molar-refractivity contribution in [3.8, 4) is 0 Å². The molecule has 0 saturated heterocycles. The van der Waals surface area contributed by atoms with Gasteiger partial charge in [-0.15, -0.1) is 11.3 Å². The lowest BCUT2D eigenvalue weighted by atomic mass is 10.2. The number of halogens is 1. The number of nitrogens with zero attached hydrogens (tertiary/aromatic N) is 1. The minimum Gasteiger partial charge on any atom is -0.326 e. The molecule has 1 aromatic carbocycles. The molecular formula is C15H19ClN2S. The lowest BCUT2D eigenvalue weighted by Gasteiger charge is -2.17. The van der Waals surface area contributed by atoms with Crippen molar-refractivity contribution in [3.05, 3.63) is 56.2 Å². The first-order chi connectivity index (χ1) is 9.10. The Balaban J connectivity index is 2.03. The Morgan fingerprint density at radius 1 is 1.21 bits per heavy atom. The first kappa shape index (κ1) is 14.5. The fourth-order valence-electron chi connectivity index (χ4n) is 2.11. The summed E-state index contributed by atoms with van der Waals surface area (Å²) in [6.07, 6.45) is 0. The molecule has 0 bridgehead atoms. The summed E-state index contributed by atoms with van der Waals surface area (Å²) < 4.78 is 0. The molecule has 2 nitrogen and oxygen atoms in total. The molecule has 0 spiro atoms. The van der Waals surface area contributed by atoms with Crippen molar-refractivity contribution >= 4 is 22.9 Å². The summed E-state index contributed by atoms with van der Waals surface area (Å²) >= 11 is 7.98. The number of nitrogens with two attached hydrogens (primary N) is 1. The van der Waals surface area contributed by atoms with Crippen LogP contribution in [0, 0.1) is 6.92 Å². The van der Waals surface area contributed by atoms with Crippen LogP contribution in [0.1, 0.15) is 20.9 Å². The molecule has 2 aromatic rings. The zero-order valence-corrected chi connectivity index (χ0v) is 12.9. The molecule has 1 aromatic heterocycles. The summed E-state index contributed by atoms with van der Waals surface area (Å²) in [7, 11) is 2.11. The Morgan fingerprint density at radius 3 is 2.53 bits per heavy atom. The third kappa shape index (κ3) is 3.80. The van der Waals surface area contributed by atoms with Crippen molar-refractivity contribution in [1.82, 2.24) is 4.90 Å². The summed E-state index contributed by atoms with van der Waals surface area (Å²) in [5.74, 6) is 0. The zero-order valence-electron chi connectivity index (χ0n) is 11.3. The van der Waals surface area contributed by atoms with Crippen LogP contribution < -0.4 is 5.73 Å². The van der Waals surface area contributed by atoms with Gasteiger partial charge in [0.25, 0.3) is 0 Å². The third-order valence-electron chi connectivity index (χ3n) is 3.11. The molecule has 0 amide bonds. The lowest BCUT2D eigenvalue weighted by Crippen LogP contribution is -2.17. The van der Waals surface area contributed by atoms with E-state index >= 15 is 0 Å². The van der Waals surface area contributed by atoms with Crippen molar-refractivity contribution in [1.29, 1.82) is 0 Å². The van der Waals surface area contributed by atoms with E-state index < -0.39 is 0 Å². The van der Waals surface area contributed by atoms with Gasteiger partial charge in [0, 0.05) is 34.4 Å². The highest BCUT2D eigenvalue weighted by atomic mass is 35.5. The number of rotatable bonds is 5. The van der Waals surface area contributed by atoms with Crippen molar-refractivity contribution < 1.29 is 0 Å². The largest absolute Gasteiger partial charge is 0.326 e. The second-order valence-corrected chi connectivity index (χ2v) is 6.51. The highest BCUT2D eigenvalue weighted by Gasteiger charge is 2.09. The van der Waals surface area contributed by atoms with Crippen LogP contribution in [0.4, 0.5) is 0 Å². The zero-order chi connectivity index (χ0) is 13.8. The Labute approximate surface area is 123 Å². The molecule has 0 unspecified atom stereocenters. The normalized spacial score (nSPS) is 11.2. The van der Waals surface area contributed by atoms with Crippen molar-refractivity contribution in [2.24, 2.45) is 5.73 Å². The summed E-state index contributed by atoms with van der Waals surface area (Å²) in [5.41, 5.74) is 8.21. The molecule has 102 valence electrons. The summed E-state index contributed by atoms with van der Waals surface area (Å²) in [6.45, 7) is 4.56. The molecule has 2 N–H and O–H groups in total. The molecule has 0 aliphatic rings. The quantitative estimate of drug-likeness (QED) is 0.909. The van der Waals surface area contributed by atoms with Gasteiger partial charge in [-0.3, -0.25) is 4.90 Å². The van der Waals surface area contributed by atoms with Gasteiger partial charge in [-0.05, 0) is 37.2 Å². The average molecular weight is 295 g/mol. The van der Waals surface area contributed by atoms with E-state index in [0.717, 1.165) is 18.1 Å². The number of benzene rings is 1. The first-order valence-corrected chi connectivity index (χ1v) is 7.49. The second-order valence-electron chi connectivity index (χ2n) is 4.76. The number of thiophene rings is 1. The van der Waals surface area contributed by atoms with Crippen molar-refractivity contribution in [3.63, 3.8) is 0 Å². The van der Waals surface area contributed by atoms with Crippen LogP contribution >= 0.6 is 22.9 Å². The Morgan fingerprint density at radius 2 is 1.89 bits per heavy atom. The molecule has 0 saturated carbocycles. The fraction of sp³-hybridized carbons (Fsp3) is 0.333. The van der Waals surface area contributed by atoms with E-state index in [1.165, 1.54) is 20.9 Å². The van der Waals surface area contributed by atoms with Gasteiger partial charge in [0.2, 0.25) is 0 Å². The molecule has 4 heteroatoms. The molecule has 0 aliphatic heterocycles. The van der Waals surface area contributed by atoms with Crippen LogP contribution in [0.15, 0.2) is 30.3 Å². The predicted octanol–water partition coefficient (Wildman–Crippen LogP) is 3.80. The standard InChI is InChI=1S/C15H19ClN2S/c1-11-13(7-14(8-17)19-11)10-18(2)9-12-5-3-4-6-15(12)16/h3-7H,8-10,17H2,1-2H3. The summed E-state index contributed by atoms with van der Waals surface area (Å²) in [6, 6.07) is 10.2. The van der Waals surface area contributed by atoms with Crippen molar-refractivity contribution in [2.75, 3.05) is 7.05 Å². The van der Waals surface area contributed by atoms with Gasteiger partial charge in [0.05, 0.1) is 0 Å². The molecule has 19 heavy (non-hydrogen) atoms. The van der Waals surface area contributed by atoms with Gasteiger partial charge in [0.1, 0.15) is 0 Å². The molecule has 0 fully saturated rings. The molecule has 0 atom stereocenters. The van der Waals surface area contributed by atoms with E-state index in [1.807, 2.05) is 18.2 Å². The molecular weight excluding hydrogens is 276 g/mol. The lowest BCUT2D eigenvalue weighted by molar-refractivity contribution is 0.319. The van der Waals surface area contributed by atoms with Gasteiger partial charge < -0.3 is 5.73 Å². The van der Waals surface area contributed by atoms with Crippen LogP contribution in [0.3, 0.4) is 0 Å². The number of hydrogen-bond acceptors (Lipinski definition) is 3. The first-order valence-electron chi connectivity index (χ1n) is 6.30. The van der Waals surface area contributed by atoms with E-state index in [-0.39, 0.29) is 0 Å². The predicted molar refractivity (Wildman–Crippen MR) is 83.6 cm³/mol. The average Bonchev–Trinajstić information content (AvgIpc) is 2.73. The maximum absolute atomic E-state index is 6.19.